The number of hydrogen-bond acceptors (Lipinski definition) is 3. The van der Waals surface area contributed by atoms with Crippen molar-refractivity contribution in [1.82, 2.24) is 5.32 Å². The van der Waals surface area contributed by atoms with Crippen LogP contribution in [-0.2, 0) is 6.42 Å². The molecule has 1 aromatic carbocycles. The molecule has 0 amide bonds. The number of rotatable bonds is 6. The molecule has 0 heterocycles. The van der Waals surface area contributed by atoms with E-state index in [2.05, 4.69) is 11.4 Å². The summed E-state index contributed by atoms with van der Waals surface area (Å²) in [5, 5.41) is 12.7. The summed E-state index contributed by atoms with van der Waals surface area (Å²) in [6, 6.07) is 10.3. The Morgan fingerprint density at radius 1 is 1.39 bits per heavy atom. The van der Waals surface area contributed by atoms with Crippen LogP contribution >= 0.6 is 0 Å². The molecule has 1 atom stereocenters. The molecule has 0 bridgehead atoms. The Morgan fingerprint density at radius 3 is 2.56 bits per heavy atom. The fraction of sp³-hybridized carbons (Fsp3) is 0.533. The van der Waals surface area contributed by atoms with Gasteiger partial charge in [0.15, 0.2) is 0 Å². The van der Waals surface area contributed by atoms with Gasteiger partial charge in [-0.1, -0.05) is 12.1 Å². The molecule has 2 rings (SSSR count). The number of hydrogen-bond donors (Lipinski definition) is 1. The fourth-order valence-electron chi connectivity index (χ4n) is 1.98. The molecule has 1 fully saturated rings. The average Bonchev–Trinajstić information content (AvgIpc) is 3.21. The van der Waals surface area contributed by atoms with Crippen LogP contribution in [0.1, 0.15) is 25.3 Å². The van der Waals surface area contributed by atoms with Crippen LogP contribution in [-0.4, -0.2) is 19.2 Å². The number of nitriles is 1. The van der Waals surface area contributed by atoms with Gasteiger partial charge < -0.3 is 4.74 Å². The van der Waals surface area contributed by atoms with Gasteiger partial charge in [-0.15, -0.1) is 0 Å². The van der Waals surface area contributed by atoms with Crippen LogP contribution in [0.2, 0.25) is 0 Å². The second-order valence-corrected chi connectivity index (χ2v) is 5.29. The van der Waals surface area contributed by atoms with E-state index in [1.807, 2.05) is 31.2 Å². The lowest BCUT2D eigenvalue weighted by molar-refractivity contribution is 0.413. The van der Waals surface area contributed by atoms with Gasteiger partial charge in [-0.2, -0.15) is 5.26 Å². The predicted octanol–water partition coefficient (Wildman–Crippen LogP) is 2.52. The maximum atomic E-state index is 9.34. The average molecular weight is 244 g/mol. The minimum Gasteiger partial charge on any atom is -0.497 e. The van der Waals surface area contributed by atoms with Crippen molar-refractivity contribution in [2.24, 2.45) is 5.92 Å². The van der Waals surface area contributed by atoms with Crippen LogP contribution in [0.15, 0.2) is 24.3 Å². The molecule has 1 N–H and O–H groups in total. The van der Waals surface area contributed by atoms with Gasteiger partial charge in [0.25, 0.3) is 0 Å². The van der Waals surface area contributed by atoms with Crippen LogP contribution in [0.5, 0.6) is 5.75 Å². The van der Waals surface area contributed by atoms with Gasteiger partial charge in [0.05, 0.1) is 13.2 Å². The molecule has 1 aliphatic carbocycles. The van der Waals surface area contributed by atoms with E-state index in [0.717, 1.165) is 30.2 Å². The van der Waals surface area contributed by atoms with E-state index in [1.165, 1.54) is 12.8 Å². The zero-order valence-electron chi connectivity index (χ0n) is 11.1. The summed E-state index contributed by atoms with van der Waals surface area (Å²) in [4.78, 5) is 0. The minimum atomic E-state index is -0.475. The van der Waals surface area contributed by atoms with E-state index in [1.54, 1.807) is 7.11 Å². The molecule has 0 spiro atoms. The van der Waals surface area contributed by atoms with Crippen molar-refractivity contribution < 1.29 is 4.74 Å². The summed E-state index contributed by atoms with van der Waals surface area (Å²) < 4.78 is 5.13. The van der Waals surface area contributed by atoms with Gasteiger partial charge >= 0.3 is 0 Å². The number of nitrogens with one attached hydrogen (secondary N) is 1. The Hall–Kier alpha value is -1.53. The first-order chi connectivity index (χ1) is 8.65. The quantitative estimate of drug-likeness (QED) is 0.836. The molecule has 1 unspecified atom stereocenters. The molecular weight excluding hydrogens is 224 g/mol. The third-order valence-electron chi connectivity index (χ3n) is 3.44. The molecule has 0 aliphatic heterocycles. The fourth-order valence-corrected chi connectivity index (χ4v) is 1.98. The van der Waals surface area contributed by atoms with Crippen molar-refractivity contribution >= 4 is 0 Å². The van der Waals surface area contributed by atoms with E-state index in [0.29, 0.717) is 0 Å². The third kappa shape index (κ3) is 3.48. The molecule has 0 radical (unpaired) electrons. The Morgan fingerprint density at radius 2 is 2.06 bits per heavy atom. The number of ether oxygens (including phenoxy) is 1. The lowest BCUT2D eigenvalue weighted by Gasteiger charge is -2.23. The van der Waals surface area contributed by atoms with E-state index in [-0.39, 0.29) is 0 Å². The molecule has 3 nitrogen and oxygen atoms in total. The van der Waals surface area contributed by atoms with Crippen molar-refractivity contribution in [3.8, 4) is 11.8 Å². The van der Waals surface area contributed by atoms with Crippen molar-refractivity contribution in [2.75, 3.05) is 13.7 Å². The van der Waals surface area contributed by atoms with Crippen molar-refractivity contribution in [2.45, 2.75) is 31.7 Å². The normalized spacial score (nSPS) is 17.8. The Kier molecular flexibility index (Phi) is 3.88. The molecule has 0 saturated heterocycles. The molecule has 1 aliphatic rings. The van der Waals surface area contributed by atoms with Gasteiger partial charge in [-0.05, 0) is 49.9 Å². The Bertz CT molecular complexity index is 431. The van der Waals surface area contributed by atoms with E-state index in [4.69, 9.17) is 4.74 Å². The zero-order chi connectivity index (χ0) is 13.0. The summed E-state index contributed by atoms with van der Waals surface area (Å²) in [7, 11) is 1.66. The highest BCUT2D eigenvalue weighted by Gasteiger charge is 2.28. The van der Waals surface area contributed by atoms with Crippen LogP contribution in [0.25, 0.3) is 0 Å². The lowest BCUT2D eigenvalue weighted by atomic mass is 9.94. The van der Waals surface area contributed by atoms with Crippen LogP contribution < -0.4 is 10.1 Å². The van der Waals surface area contributed by atoms with Gasteiger partial charge in [-0.25, -0.2) is 0 Å². The summed E-state index contributed by atoms with van der Waals surface area (Å²) >= 11 is 0. The Labute approximate surface area is 109 Å². The van der Waals surface area contributed by atoms with Crippen molar-refractivity contribution in [3.05, 3.63) is 29.8 Å². The third-order valence-corrected chi connectivity index (χ3v) is 3.44. The second kappa shape index (κ2) is 5.41. The Balaban J connectivity index is 1.96. The lowest BCUT2D eigenvalue weighted by Crippen LogP contribution is -2.44. The maximum absolute atomic E-state index is 9.34. The molecule has 96 valence electrons. The van der Waals surface area contributed by atoms with Gasteiger partial charge in [0.2, 0.25) is 0 Å². The highest BCUT2D eigenvalue weighted by Crippen LogP contribution is 2.28. The number of nitrogens with zero attached hydrogens (tertiary/aromatic N) is 1. The minimum absolute atomic E-state index is 0.475. The van der Waals surface area contributed by atoms with E-state index in [9.17, 15) is 5.26 Å². The SMILES string of the molecule is COc1ccc(CC(C)(C#N)NCC2CC2)cc1. The predicted molar refractivity (Wildman–Crippen MR) is 71.4 cm³/mol. The largest absolute Gasteiger partial charge is 0.497 e. The van der Waals surface area contributed by atoms with Crippen molar-refractivity contribution in [1.29, 1.82) is 5.26 Å². The molecular formula is C15H20N2O. The molecule has 1 aromatic rings. The smallest absolute Gasteiger partial charge is 0.118 e. The summed E-state index contributed by atoms with van der Waals surface area (Å²) in [6.45, 7) is 2.93. The summed E-state index contributed by atoms with van der Waals surface area (Å²) in [6.07, 6.45) is 3.33. The van der Waals surface area contributed by atoms with E-state index >= 15 is 0 Å². The molecule has 3 heteroatoms. The van der Waals surface area contributed by atoms with Crippen LogP contribution in [0.4, 0.5) is 0 Å². The number of methoxy groups -OCH3 is 1. The second-order valence-electron chi connectivity index (χ2n) is 5.29. The van der Waals surface area contributed by atoms with Crippen molar-refractivity contribution in [3.63, 3.8) is 0 Å². The number of benzene rings is 1. The maximum Gasteiger partial charge on any atom is 0.118 e. The highest BCUT2D eigenvalue weighted by molar-refractivity contribution is 5.29. The van der Waals surface area contributed by atoms with Gasteiger partial charge in [0.1, 0.15) is 11.3 Å². The zero-order valence-corrected chi connectivity index (χ0v) is 11.1. The molecule has 0 aromatic heterocycles. The van der Waals surface area contributed by atoms with E-state index < -0.39 is 5.54 Å². The topological polar surface area (TPSA) is 45.0 Å². The first kappa shape index (κ1) is 12.9. The van der Waals surface area contributed by atoms with Gasteiger partial charge in [-0.3, -0.25) is 5.32 Å². The highest BCUT2D eigenvalue weighted by atomic mass is 16.5. The monoisotopic (exact) mass is 244 g/mol. The van der Waals surface area contributed by atoms with Crippen LogP contribution in [0.3, 0.4) is 0 Å². The molecule has 18 heavy (non-hydrogen) atoms. The first-order valence-electron chi connectivity index (χ1n) is 6.44. The summed E-state index contributed by atoms with van der Waals surface area (Å²) in [5.74, 6) is 1.64. The van der Waals surface area contributed by atoms with Gasteiger partial charge in [0, 0.05) is 6.42 Å². The van der Waals surface area contributed by atoms with Crippen LogP contribution in [0, 0.1) is 17.2 Å². The summed E-state index contributed by atoms with van der Waals surface area (Å²) in [5.41, 5.74) is 0.681. The first-order valence-corrected chi connectivity index (χ1v) is 6.44. The molecule has 1 saturated carbocycles. The standard InChI is InChI=1S/C15H20N2O/c1-15(11-16,17-10-13-3-4-13)9-12-5-7-14(18-2)8-6-12/h5-8,13,17H,3-4,9-10H2,1-2H3.